The monoisotopic (exact) mass is 92.0 g/mol. The number of rotatable bonds is 0. The van der Waals surface area contributed by atoms with E-state index in [0.29, 0.717) is 5.71 Å². The van der Waals surface area contributed by atoms with Crippen molar-refractivity contribution in [2.24, 2.45) is 0 Å². The van der Waals surface area contributed by atoms with Gasteiger partial charge in [0.05, 0.1) is 0 Å². The fraction of sp³-hybridized carbons (Fsp3) is 1.00. The molecule has 24 valence electrons. The van der Waals surface area contributed by atoms with Gasteiger partial charge in [-0.05, 0) is 0 Å². The third kappa shape index (κ3) is 13.6. The maximum absolute atomic E-state index is 3.93. The van der Waals surface area contributed by atoms with Crippen LogP contribution in [0.4, 0.5) is 0 Å². The van der Waals surface area contributed by atoms with Gasteiger partial charge in [-0.3, -0.25) is 0 Å². The quantitative estimate of drug-likeness (QED) is 0.256. The molecule has 0 heterocycles. The highest BCUT2D eigenvalue weighted by atomic mass is 32.1. The first kappa shape index (κ1) is 4.84. The second-order valence-electron chi connectivity index (χ2n) is 0.741. The maximum atomic E-state index is 3.93. The third-order valence-corrected chi connectivity index (χ3v) is 0. The first-order valence-electron chi connectivity index (χ1n) is 1.17. The largest absolute Gasteiger partial charge is 0.223 e. The molecule has 1 atom stereocenters. The lowest BCUT2D eigenvalue weighted by molar-refractivity contribution is 2.36. The van der Waals surface area contributed by atoms with Crippen molar-refractivity contribution in [1.29, 1.82) is 0 Å². The van der Waals surface area contributed by atoms with Gasteiger partial charge in [0.2, 0.25) is 5.71 Å². The molecule has 0 nitrogen and oxygen atoms in total. The summed E-state index contributed by atoms with van der Waals surface area (Å²) in [4.78, 5) is 0. The maximum Gasteiger partial charge on any atom is 0.223 e. The summed E-state index contributed by atoms with van der Waals surface area (Å²) in [5.74, 6) is 0. The summed E-state index contributed by atoms with van der Waals surface area (Å²) in [5, 5.41) is 0. The molecule has 1 unspecified atom stereocenters. The van der Waals surface area contributed by atoms with Gasteiger partial charge in [0, 0.05) is 0 Å². The van der Waals surface area contributed by atoms with Crippen molar-refractivity contribution >= 4 is 27.3 Å². The van der Waals surface area contributed by atoms with E-state index in [-0.39, 0.29) is 0 Å². The topological polar surface area (TPSA) is 0 Å². The molecule has 0 fully saturated rings. The zero-order chi connectivity index (χ0) is 3.58. The van der Waals surface area contributed by atoms with E-state index in [2.05, 4.69) is 21.6 Å². The van der Waals surface area contributed by atoms with E-state index in [1.165, 1.54) is 0 Å². The zero-order valence-electron chi connectivity index (χ0n) is 2.60. The SMILES string of the molecule is CB(P)S. The molecule has 0 spiro atoms. The Bertz CT molecular complexity index is 12.8. The Morgan fingerprint density at radius 3 is 2.00 bits per heavy atom. The van der Waals surface area contributed by atoms with Gasteiger partial charge >= 0.3 is 0 Å². The van der Waals surface area contributed by atoms with Crippen molar-refractivity contribution in [3.63, 3.8) is 0 Å². The third-order valence-electron chi connectivity index (χ3n) is 0. The summed E-state index contributed by atoms with van der Waals surface area (Å²) >= 11 is 3.93. The Hall–Kier alpha value is 0.845. The molecule has 0 saturated carbocycles. The van der Waals surface area contributed by atoms with Crippen LogP contribution in [0, 0.1) is 0 Å². The highest BCUT2D eigenvalue weighted by Crippen LogP contribution is 1.93. The van der Waals surface area contributed by atoms with Crippen LogP contribution in [0.1, 0.15) is 0 Å². The van der Waals surface area contributed by atoms with E-state index in [1.807, 2.05) is 6.82 Å². The molecule has 0 radical (unpaired) electrons. The van der Waals surface area contributed by atoms with Crippen LogP contribution in [-0.4, -0.2) is 5.71 Å². The van der Waals surface area contributed by atoms with Gasteiger partial charge in [0.15, 0.2) is 0 Å². The standard InChI is InChI=1S/CH6BPS/c1-2(3)4/h4H,3H2,1H3. The Balaban J connectivity index is 2.32. The fourth-order valence-corrected chi connectivity index (χ4v) is 0. The average Bonchev–Trinajstić information content (AvgIpc) is 0.811. The van der Waals surface area contributed by atoms with Gasteiger partial charge in [-0.15, -0.1) is 0 Å². The molecule has 0 bridgehead atoms. The molecule has 0 aliphatic heterocycles. The van der Waals surface area contributed by atoms with E-state index in [1.54, 1.807) is 0 Å². The number of thiol groups is 1. The van der Waals surface area contributed by atoms with Gasteiger partial charge in [-0.25, -0.2) is 12.5 Å². The lowest BCUT2D eigenvalue weighted by Crippen LogP contribution is -1.71. The predicted octanol–water partition coefficient (Wildman–Crippen LogP) is 0.909. The highest BCUT2D eigenvalue weighted by Gasteiger charge is 1.78. The normalized spacial score (nSPS) is 6.75. The Kier molecular flexibility index (Phi) is 2.55. The Morgan fingerprint density at radius 2 is 2.00 bits per heavy atom. The molecule has 0 aromatic heterocycles. The molecule has 4 heavy (non-hydrogen) atoms. The molecule has 0 aliphatic carbocycles. The number of hydrogen-bond acceptors (Lipinski definition) is 1. The zero-order valence-corrected chi connectivity index (χ0v) is 4.65. The van der Waals surface area contributed by atoms with E-state index >= 15 is 0 Å². The van der Waals surface area contributed by atoms with Crippen LogP contribution in [-0.2, 0) is 0 Å². The molecule has 0 rings (SSSR count). The van der Waals surface area contributed by atoms with Crippen LogP contribution < -0.4 is 0 Å². The summed E-state index contributed by atoms with van der Waals surface area (Å²) in [6, 6.07) is 0. The summed E-state index contributed by atoms with van der Waals surface area (Å²) < 4.78 is 0. The summed E-state index contributed by atoms with van der Waals surface area (Å²) in [7, 11) is 2.52. The molecule has 0 aromatic carbocycles. The van der Waals surface area contributed by atoms with Gasteiger partial charge in [0.25, 0.3) is 0 Å². The lowest BCUT2D eigenvalue weighted by Gasteiger charge is -1.71. The predicted molar refractivity (Wildman–Crippen MR) is 30.3 cm³/mol. The van der Waals surface area contributed by atoms with Crippen molar-refractivity contribution in [2.45, 2.75) is 6.82 Å². The second-order valence-corrected chi connectivity index (χ2v) is 3.12. The van der Waals surface area contributed by atoms with Crippen molar-refractivity contribution < 1.29 is 0 Å². The number of hydrogen-bond donors (Lipinski definition) is 1. The van der Waals surface area contributed by atoms with Crippen LogP contribution in [0.5, 0.6) is 0 Å². The van der Waals surface area contributed by atoms with Gasteiger partial charge in [0.1, 0.15) is 0 Å². The summed E-state index contributed by atoms with van der Waals surface area (Å²) in [5.41, 5.74) is 0.444. The van der Waals surface area contributed by atoms with E-state index in [0.717, 1.165) is 0 Å². The first-order chi connectivity index (χ1) is 1.73. The van der Waals surface area contributed by atoms with Crippen molar-refractivity contribution in [3.8, 4) is 0 Å². The fourth-order valence-electron chi connectivity index (χ4n) is 0. The lowest BCUT2D eigenvalue weighted by atomic mass is 10.2. The van der Waals surface area contributed by atoms with Crippen LogP contribution in [0.2, 0.25) is 6.82 Å². The molecule has 0 aliphatic rings. The Morgan fingerprint density at radius 1 is 2.00 bits per heavy atom. The minimum Gasteiger partial charge on any atom is -0.221 e. The molecule has 0 aromatic rings. The van der Waals surface area contributed by atoms with E-state index in [9.17, 15) is 0 Å². The van der Waals surface area contributed by atoms with Crippen molar-refractivity contribution in [2.75, 3.05) is 0 Å². The van der Waals surface area contributed by atoms with Gasteiger partial charge in [-0.1, -0.05) is 6.82 Å². The average molecular weight is 91.9 g/mol. The molecule has 0 amide bonds. The smallest absolute Gasteiger partial charge is 0.221 e. The van der Waals surface area contributed by atoms with E-state index < -0.39 is 0 Å². The summed E-state index contributed by atoms with van der Waals surface area (Å²) in [6.07, 6.45) is 0. The first-order valence-corrected chi connectivity index (χ1v) is 2.35. The van der Waals surface area contributed by atoms with E-state index in [4.69, 9.17) is 0 Å². The Labute approximate surface area is 34.9 Å². The van der Waals surface area contributed by atoms with Crippen LogP contribution in [0.25, 0.3) is 0 Å². The molecular weight excluding hydrogens is 85.9 g/mol. The summed E-state index contributed by atoms with van der Waals surface area (Å²) in [6.45, 7) is 1.99. The van der Waals surface area contributed by atoms with Crippen molar-refractivity contribution in [3.05, 3.63) is 0 Å². The second kappa shape index (κ2) is 2.11. The van der Waals surface area contributed by atoms with Crippen LogP contribution in [0.15, 0.2) is 0 Å². The molecular formula is CH6BPS. The van der Waals surface area contributed by atoms with Crippen molar-refractivity contribution in [1.82, 2.24) is 0 Å². The molecule has 0 saturated heterocycles. The van der Waals surface area contributed by atoms with Crippen LogP contribution >= 0.6 is 21.6 Å². The van der Waals surface area contributed by atoms with Crippen LogP contribution in [0.3, 0.4) is 0 Å². The molecule has 0 N–H and O–H groups in total. The minimum atomic E-state index is 0.444. The van der Waals surface area contributed by atoms with Gasteiger partial charge < -0.3 is 0 Å². The van der Waals surface area contributed by atoms with Gasteiger partial charge in [-0.2, -0.15) is 9.12 Å². The highest BCUT2D eigenvalue weighted by molar-refractivity contribution is 8.24. The minimum absolute atomic E-state index is 0.444. The molecule has 3 heteroatoms.